The minimum absolute atomic E-state index is 0.0303. The SMILES string of the molecule is COCCn1cncc1CN1C(=O)C[C@H]2[C@@H]1CCN2C(=O)c1c(C)noc1C. The molecule has 0 aromatic carbocycles. The fourth-order valence-corrected chi connectivity index (χ4v) is 4.36. The Hall–Kier alpha value is -2.68. The summed E-state index contributed by atoms with van der Waals surface area (Å²) in [6.07, 6.45) is 4.68. The molecule has 0 saturated carbocycles. The summed E-state index contributed by atoms with van der Waals surface area (Å²) in [4.78, 5) is 33.7. The van der Waals surface area contributed by atoms with Gasteiger partial charge in [0, 0.05) is 32.8 Å². The molecule has 9 nitrogen and oxygen atoms in total. The fraction of sp³-hybridized carbons (Fsp3) is 0.579. The molecule has 2 aliphatic rings. The zero-order chi connectivity index (χ0) is 19.8. The van der Waals surface area contributed by atoms with Crippen LogP contribution in [0.2, 0.25) is 0 Å². The first kappa shape index (κ1) is 18.7. The van der Waals surface area contributed by atoms with Crippen molar-refractivity contribution in [3.63, 3.8) is 0 Å². The number of fused-ring (bicyclic) bond motifs is 1. The van der Waals surface area contributed by atoms with E-state index in [4.69, 9.17) is 9.26 Å². The summed E-state index contributed by atoms with van der Waals surface area (Å²) in [7, 11) is 1.66. The first-order valence-electron chi connectivity index (χ1n) is 9.52. The summed E-state index contributed by atoms with van der Waals surface area (Å²) in [6.45, 7) is 5.92. The lowest BCUT2D eigenvalue weighted by atomic mass is 10.1. The second-order valence-corrected chi connectivity index (χ2v) is 7.42. The van der Waals surface area contributed by atoms with E-state index in [9.17, 15) is 9.59 Å². The van der Waals surface area contributed by atoms with Crippen LogP contribution in [0.1, 0.15) is 40.3 Å². The Kier molecular flexibility index (Phi) is 4.92. The van der Waals surface area contributed by atoms with Crippen LogP contribution in [-0.2, 0) is 22.6 Å². The van der Waals surface area contributed by atoms with Crippen molar-refractivity contribution in [1.29, 1.82) is 0 Å². The van der Waals surface area contributed by atoms with Gasteiger partial charge >= 0.3 is 0 Å². The second-order valence-electron chi connectivity index (χ2n) is 7.42. The molecule has 9 heteroatoms. The van der Waals surface area contributed by atoms with Crippen LogP contribution in [0.25, 0.3) is 0 Å². The van der Waals surface area contributed by atoms with Gasteiger partial charge in [0.25, 0.3) is 5.91 Å². The van der Waals surface area contributed by atoms with Crippen molar-refractivity contribution in [2.24, 2.45) is 0 Å². The van der Waals surface area contributed by atoms with Gasteiger partial charge in [0.15, 0.2) is 0 Å². The number of rotatable bonds is 6. The molecular formula is C19H25N5O4. The van der Waals surface area contributed by atoms with Gasteiger partial charge in [-0.15, -0.1) is 0 Å². The van der Waals surface area contributed by atoms with E-state index in [1.807, 2.05) is 14.4 Å². The molecule has 2 amide bonds. The average Bonchev–Trinajstić information content (AvgIpc) is 3.41. The summed E-state index contributed by atoms with van der Waals surface area (Å²) in [5.74, 6) is 0.503. The predicted molar refractivity (Wildman–Crippen MR) is 98.5 cm³/mol. The monoisotopic (exact) mass is 387 g/mol. The summed E-state index contributed by atoms with van der Waals surface area (Å²) >= 11 is 0. The highest BCUT2D eigenvalue weighted by Crippen LogP contribution is 2.35. The predicted octanol–water partition coefficient (Wildman–Crippen LogP) is 1.15. The topological polar surface area (TPSA) is 93.7 Å². The van der Waals surface area contributed by atoms with Crippen molar-refractivity contribution in [2.75, 3.05) is 20.3 Å². The van der Waals surface area contributed by atoms with Gasteiger partial charge in [-0.2, -0.15) is 0 Å². The smallest absolute Gasteiger partial charge is 0.259 e. The van der Waals surface area contributed by atoms with Crippen LogP contribution in [0.15, 0.2) is 17.0 Å². The van der Waals surface area contributed by atoms with Crippen LogP contribution in [0, 0.1) is 13.8 Å². The Morgan fingerprint density at radius 3 is 2.89 bits per heavy atom. The van der Waals surface area contributed by atoms with E-state index in [1.165, 1.54) is 0 Å². The molecule has 0 spiro atoms. The van der Waals surface area contributed by atoms with Gasteiger partial charge in [-0.25, -0.2) is 4.98 Å². The molecule has 4 heterocycles. The third kappa shape index (κ3) is 3.09. The van der Waals surface area contributed by atoms with Gasteiger partial charge in [0.1, 0.15) is 11.3 Å². The molecule has 0 unspecified atom stereocenters. The lowest BCUT2D eigenvalue weighted by Gasteiger charge is -2.25. The number of carbonyl (C=O) groups is 2. The maximum absolute atomic E-state index is 13.1. The first-order valence-corrected chi connectivity index (χ1v) is 9.52. The van der Waals surface area contributed by atoms with Crippen molar-refractivity contribution in [1.82, 2.24) is 24.5 Å². The molecular weight excluding hydrogens is 362 g/mol. The molecule has 4 rings (SSSR count). The van der Waals surface area contributed by atoms with Crippen molar-refractivity contribution >= 4 is 11.8 Å². The summed E-state index contributed by atoms with van der Waals surface area (Å²) < 4.78 is 12.3. The van der Waals surface area contributed by atoms with Crippen LogP contribution in [0.3, 0.4) is 0 Å². The Morgan fingerprint density at radius 1 is 1.36 bits per heavy atom. The van der Waals surface area contributed by atoms with Crippen LogP contribution >= 0.6 is 0 Å². The maximum Gasteiger partial charge on any atom is 0.259 e. The Labute approximate surface area is 163 Å². The zero-order valence-corrected chi connectivity index (χ0v) is 16.4. The molecule has 2 fully saturated rings. The fourth-order valence-electron chi connectivity index (χ4n) is 4.36. The van der Waals surface area contributed by atoms with Crippen LogP contribution in [0.5, 0.6) is 0 Å². The van der Waals surface area contributed by atoms with E-state index in [1.54, 1.807) is 33.5 Å². The molecule has 0 radical (unpaired) electrons. The van der Waals surface area contributed by atoms with Crippen molar-refractivity contribution in [2.45, 2.75) is 51.9 Å². The van der Waals surface area contributed by atoms with E-state index < -0.39 is 0 Å². The van der Waals surface area contributed by atoms with Gasteiger partial charge in [0.05, 0.1) is 43.0 Å². The van der Waals surface area contributed by atoms with Gasteiger partial charge in [-0.1, -0.05) is 5.16 Å². The summed E-state index contributed by atoms with van der Waals surface area (Å²) in [5, 5.41) is 3.89. The maximum atomic E-state index is 13.1. The number of hydrogen-bond acceptors (Lipinski definition) is 6. The zero-order valence-electron chi connectivity index (χ0n) is 16.4. The first-order chi connectivity index (χ1) is 13.5. The lowest BCUT2D eigenvalue weighted by molar-refractivity contribution is -0.129. The molecule has 0 N–H and O–H groups in total. The van der Waals surface area contributed by atoms with E-state index in [2.05, 4.69) is 10.1 Å². The number of methoxy groups -OCH3 is 1. The standard InChI is InChI=1S/C19H25N5O4/c1-12-18(13(2)28-21-12)19(26)23-5-4-15-16(23)8-17(25)24(15)10-14-9-20-11-22(14)6-7-27-3/h9,11,15-16H,4-8,10H2,1-3H3/t15-,16-/m0/s1. The number of aryl methyl sites for hydroxylation is 2. The van der Waals surface area contributed by atoms with Crippen molar-refractivity contribution in [3.8, 4) is 0 Å². The van der Waals surface area contributed by atoms with Crippen LogP contribution in [-0.4, -0.2) is 68.7 Å². The average molecular weight is 387 g/mol. The molecule has 0 bridgehead atoms. The third-order valence-corrected chi connectivity index (χ3v) is 5.79. The number of nitrogens with zero attached hydrogens (tertiary/aromatic N) is 5. The number of carbonyl (C=O) groups excluding carboxylic acids is 2. The number of amides is 2. The van der Waals surface area contributed by atoms with Crippen LogP contribution in [0.4, 0.5) is 0 Å². The molecule has 28 heavy (non-hydrogen) atoms. The van der Waals surface area contributed by atoms with E-state index in [0.717, 1.165) is 12.1 Å². The number of imidazole rings is 1. The Bertz CT molecular complexity index is 869. The van der Waals surface area contributed by atoms with E-state index >= 15 is 0 Å². The molecule has 0 aliphatic carbocycles. The number of ether oxygens (including phenoxy) is 1. The number of hydrogen-bond donors (Lipinski definition) is 0. The van der Waals surface area contributed by atoms with E-state index in [-0.39, 0.29) is 23.9 Å². The van der Waals surface area contributed by atoms with Crippen molar-refractivity contribution in [3.05, 3.63) is 35.2 Å². The lowest BCUT2D eigenvalue weighted by Crippen LogP contribution is -2.40. The van der Waals surface area contributed by atoms with Crippen LogP contribution < -0.4 is 0 Å². The summed E-state index contributed by atoms with van der Waals surface area (Å²) in [5.41, 5.74) is 2.08. The minimum Gasteiger partial charge on any atom is -0.383 e. The molecule has 2 aliphatic heterocycles. The van der Waals surface area contributed by atoms with Crippen molar-refractivity contribution < 1.29 is 18.8 Å². The number of aromatic nitrogens is 3. The van der Waals surface area contributed by atoms with Gasteiger partial charge in [-0.3, -0.25) is 9.59 Å². The normalized spacial score (nSPS) is 21.6. The van der Waals surface area contributed by atoms with Gasteiger partial charge in [0.2, 0.25) is 5.91 Å². The second kappa shape index (κ2) is 7.38. The molecule has 2 aromatic heterocycles. The quantitative estimate of drug-likeness (QED) is 0.738. The van der Waals surface area contributed by atoms with Gasteiger partial charge in [-0.05, 0) is 20.3 Å². The third-order valence-electron chi connectivity index (χ3n) is 5.79. The molecule has 2 saturated heterocycles. The highest BCUT2D eigenvalue weighted by Gasteiger charge is 2.49. The number of likely N-dealkylation sites (tertiary alicyclic amines) is 2. The summed E-state index contributed by atoms with van der Waals surface area (Å²) in [6, 6.07) is -0.0771. The highest BCUT2D eigenvalue weighted by atomic mass is 16.5. The molecule has 2 aromatic rings. The molecule has 150 valence electrons. The molecule has 2 atom stereocenters. The Morgan fingerprint density at radius 2 is 2.18 bits per heavy atom. The van der Waals surface area contributed by atoms with Gasteiger partial charge < -0.3 is 23.6 Å². The minimum atomic E-state index is -0.107. The Balaban J connectivity index is 1.50. The largest absolute Gasteiger partial charge is 0.383 e. The highest BCUT2D eigenvalue weighted by molar-refractivity contribution is 5.97. The van der Waals surface area contributed by atoms with E-state index in [0.29, 0.717) is 49.7 Å².